The smallest absolute Gasteiger partial charge is 0.135 e. The first-order valence-electron chi connectivity index (χ1n) is 59.4. The molecule has 2 saturated heterocycles. The summed E-state index contributed by atoms with van der Waals surface area (Å²) in [6.07, 6.45) is 4.56. The topological polar surface area (TPSA) is 67.1 Å². The maximum absolute atomic E-state index is 9.28. The molecule has 668 valence electrons. The Balaban J connectivity index is 0.000000176. The average Bonchev–Trinajstić information content (AvgIpc) is 1.53. The summed E-state index contributed by atoms with van der Waals surface area (Å²) in [5, 5.41) is 3.57. The fourth-order valence-corrected chi connectivity index (χ4v) is 21.5. The number of fused-ring (bicyclic) bond motifs is 22. The Labute approximate surface area is 865 Å². The number of ether oxygens (including phenoxy) is 2. The van der Waals surface area contributed by atoms with Crippen LogP contribution in [0.15, 0.2) is 394 Å². The molecule has 0 amide bonds. The second-order valence-electron chi connectivity index (χ2n) is 35.4. The third-order valence-electron chi connectivity index (χ3n) is 27.2. The molecule has 0 radical (unpaired) electrons. The van der Waals surface area contributed by atoms with E-state index in [-0.39, 0.29) is 164 Å². The molecule has 16 aromatic carbocycles. The van der Waals surface area contributed by atoms with Gasteiger partial charge in [-0.2, -0.15) is 37.6 Å². The van der Waals surface area contributed by atoms with Gasteiger partial charge in [0.1, 0.15) is 11.6 Å². The monoisotopic (exact) mass is 2150 g/mol. The van der Waals surface area contributed by atoms with Crippen LogP contribution in [0.1, 0.15) is 137 Å². The van der Waals surface area contributed by atoms with E-state index in [4.69, 9.17) is 49.6 Å². The van der Waals surface area contributed by atoms with E-state index >= 15 is 0 Å². The Morgan fingerprint density at radius 1 is 0.324 bits per heavy atom. The minimum absolute atomic E-state index is 0. The molecule has 4 fully saturated rings. The third kappa shape index (κ3) is 14.8. The van der Waals surface area contributed by atoms with Crippen molar-refractivity contribution in [2.45, 2.75) is 101 Å². The van der Waals surface area contributed by atoms with Gasteiger partial charge in [-0.05, 0) is 134 Å². The van der Waals surface area contributed by atoms with Gasteiger partial charge in [-0.15, -0.1) is 82.3 Å². The predicted molar refractivity (Wildman–Crippen MR) is 546 cm³/mol. The van der Waals surface area contributed by atoms with Crippen molar-refractivity contribution < 1.29 is 92.7 Å². The van der Waals surface area contributed by atoms with Crippen LogP contribution in [0.2, 0.25) is 0 Å². The molecule has 136 heavy (non-hydrogen) atoms. The molecule has 4 unspecified atom stereocenters. The summed E-state index contributed by atoms with van der Waals surface area (Å²) in [5.74, 6) is 2.22. The Bertz CT molecular complexity index is 9610. The summed E-state index contributed by atoms with van der Waals surface area (Å²) < 4.78 is 279. The molecule has 2 aliphatic heterocycles. The van der Waals surface area contributed by atoms with Crippen LogP contribution < -0.4 is 29.1 Å². The van der Waals surface area contributed by atoms with Gasteiger partial charge in [-0.1, -0.05) is 334 Å². The van der Waals surface area contributed by atoms with E-state index in [1.54, 1.807) is 42.5 Å². The van der Waals surface area contributed by atoms with Gasteiger partial charge in [0.05, 0.1) is 41.1 Å². The van der Waals surface area contributed by atoms with Crippen LogP contribution in [0.4, 0.5) is 22.7 Å². The quantitative estimate of drug-likeness (QED) is 0.0887. The zero-order valence-electron chi connectivity index (χ0n) is 103. The second kappa shape index (κ2) is 35.1. The van der Waals surface area contributed by atoms with Crippen LogP contribution in [-0.2, 0) is 47.5 Å². The van der Waals surface area contributed by atoms with E-state index < -0.39 is 169 Å². The van der Waals surface area contributed by atoms with Crippen molar-refractivity contribution >= 4 is 66.4 Å². The van der Waals surface area contributed by atoms with Crippen molar-refractivity contribution in [2.75, 3.05) is 19.6 Å². The third-order valence-corrected chi connectivity index (χ3v) is 27.2. The van der Waals surface area contributed by atoms with Gasteiger partial charge < -0.3 is 38.2 Å². The molecule has 4 aliphatic carbocycles. The van der Waals surface area contributed by atoms with E-state index in [9.17, 15) is 11.0 Å². The molecular formula is C124H94N8O2Pt2-6. The number of pyridine rings is 2. The normalized spacial score (nSPS) is 21.1. The summed E-state index contributed by atoms with van der Waals surface area (Å²) in [6.45, 7) is 13.8. The number of aromatic nitrogens is 4. The van der Waals surface area contributed by atoms with Gasteiger partial charge in [0.2, 0.25) is 0 Å². The van der Waals surface area contributed by atoms with E-state index in [0.29, 0.717) is 90.7 Å². The van der Waals surface area contributed by atoms with Crippen LogP contribution >= 0.6 is 0 Å². The molecule has 0 spiro atoms. The van der Waals surface area contributed by atoms with E-state index in [1.807, 2.05) is 174 Å². The number of para-hydroxylation sites is 4. The first-order chi connectivity index (χ1) is 78.3. The summed E-state index contributed by atoms with van der Waals surface area (Å²) in [6, 6.07) is 61.6. The first-order valence-corrected chi connectivity index (χ1v) is 44.4. The number of anilines is 4. The van der Waals surface area contributed by atoms with Gasteiger partial charge in [0.25, 0.3) is 0 Å². The van der Waals surface area contributed by atoms with E-state index in [1.165, 1.54) is 23.5 Å². The number of rotatable bonds is 16. The van der Waals surface area contributed by atoms with Crippen LogP contribution in [0.5, 0.6) is 23.0 Å². The van der Waals surface area contributed by atoms with Crippen LogP contribution in [0.3, 0.4) is 0 Å². The maximum Gasteiger partial charge on any atom is 0.135 e. The number of benzene rings is 16. The zero-order valence-corrected chi connectivity index (χ0v) is 78.0. The number of nitrogens with zero attached hydrogens (tertiary/aromatic N) is 8. The maximum atomic E-state index is 9.28. The van der Waals surface area contributed by atoms with Crippen molar-refractivity contribution in [3.63, 3.8) is 0 Å². The van der Waals surface area contributed by atoms with Crippen molar-refractivity contribution in [2.24, 2.45) is 0 Å². The molecule has 6 aliphatic rings. The van der Waals surface area contributed by atoms with E-state index in [0.717, 1.165) is 62.1 Å². The molecule has 6 heterocycles. The summed E-state index contributed by atoms with van der Waals surface area (Å²) >= 11 is 0. The molecule has 4 aromatic heterocycles. The SMILES string of the molecule is [2H]c1c([2H])c([2H])c(-c2cnc(-n3c4[c-]c(Oc5[c-]c(N6[CH-]N(c7c(-c8c([2H])c([2H])c([2H])c([2H])c8[2H])cccc7-c7c([2H])c([2H])c([2H])c([2H])c7[2H])C7C6[C@@H]6C[C@H]7c7ccccc76)cc(C(C)(C)C)c5)ccc4c4ccccc43)cc2C)c([2H])c1[2H].[2H]c1c([2H])c([2H])c(-c2cnc(-n3c4[c-]c(Oc5[c-]c(N6[CH-]N(c7c(-c8c([2H])c([2H])c([2H])c([2H])c8[2H])cccc7-c7c([2H])c([2H])c([2H])c([2H])c7[2H])C7C6[C@@H]6C[C@H]7c7ccccc76)ccc5)ccc4c4ccccc43)cc2C)c([2H])c1[2H].[Pt].[Pt]. The summed E-state index contributed by atoms with van der Waals surface area (Å²) in [5.41, 5.74) is 12.6. The molecule has 12 heteroatoms. The Morgan fingerprint density at radius 3 is 1.04 bits per heavy atom. The fourth-order valence-electron chi connectivity index (χ4n) is 21.5. The fraction of sp³-hybridized carbons (Fsp3) is 0.129. The average molecular weight is 2150 g/mol. The van der Waals surface area contributed by atoms with Crippen LogP contribution in [-0.4, -0.2) is 43.3 Å². The Morgan fingerprint density at radius 2 is 0.654 bits per heavy atom. The van der Waals surface area contributed by atoms with Crippen LogP contribution in [0, 0.1) is 51.5 Å². The van der Waals surface area contributed by atoms with Crippen molar-refractivity contribution in [1.82, 2.24) is 19.1 Å². The molecule has 26 rings (SSSR count). The number of aryl methyl sites for hydroxylation is 2. The van der Waals surface area contributed by atoms with Crippen LogP contribution in [0.25, 0.3) is 122 Å². The minimum atomic E-state index is -0.567. The van der Waals surface area contributed by atoms with Gasteiger partial charge in [0.15, 0.2) is 0 Å². The van der Waals surface area contributed by atoms with Gasteiger partial charge in [-0.25, -0.2) is 9.97 Å². The first kappa shape index (κ1) is 58.7. The molecule has 20 aromatic rings. The minimum Gasteiger partial charge on any atom is -0.519 e. The number of hydrogen-bond donors (Lipinski definition) is 0. The van der Waals surface area contributed by atoms with Crippen molar-refractivity contribution in [3.8, 4) is 101 Å². The standard InChI is InChI=1S/C64H51N4O.C60H43N4O.2Pt/c1-41-33-60(65-39-57(41)44-23-12-7-13-24-44)68-58-30-17-16-27-53(58)54-32-31-47(37-59(54)68)69-48-35-45(64(2,3)4)34-46(36-48)66-40-67(63-56-38-55(62(63)66)51-25-14-15-26-52(51)56)61-49(42-19-8-5-9-20-42)28-18-29-50(61)43-21-10-6-11-22-43;1-39-33-57(61-37-54(39)42-21-9-4-10-22-42)64-55-30-14-13-27-50(55)51-32-31-45(35-56(51)64)65-44-24-15-23-43(34-44)62-38-63(60-53-36-52(59(60)62)48-25-11-12-26-49(48)53)58-46(40-17-5-2-6-18-40)28-16-29-47(58)41-19-7-3-8-20-41;;/h5-35,39-40,55-56,62-63H,38H2,1-4H3;2-33,37-38,52-53,59-60H,36H2,1H3;;/q2*-3;;/t55-,56+,62?,63?;52-,53+,59?,60?;;/m11../s1/i5D,6D,7D,8D,9D,10D,11D,12D,13D,19D,20D,21D,22D,23D,24D;2D,3D,4D,5D,6D,7D,8D,9D,10D,17D,18D,19D,20D,21D,22D;;. The molecule has 2 saturated carbocycles. The van der Waals surface area contributed by atoms with Gasteiger partial charge in [-0.3, -0.25) is 0 Å². The molecular weight excluding hydrogens is 2020 g/mol. The van der Waals surface area contributed by atoms with Gasteiger partial charge >= 0.3 is 0 Å². The molecule has 8 atom stereocenters. The summed E-state index contributed by atoms with van der Waals surface area (Å²) in [7, 11) is 0. The van der Waals surface area contributed by atoms with Gasteiger partial charge in [0, 0.05) is 181 Å². The number of hydrogen-bond acceptors (Lipinski definition) is 8. The molecule has 10 nitrogen and oxygen atoms in total. The Kier molecular flexibility index (Phi) is 15.2. The second-order valence-corrected chi connectivity index (χ2v) is 35.4. The summed E-state index contributed by atoms with van der Waals surface area (Å²) in [4.78, 5) is 18.0. The molecule has 0 N–H and O–H groups in total. The van der Waals surface area contributed by atoms with Crippen molar-refractivity contribution in [1.29, 1.82) is 0 Å². The Hall–Kier alpha value is -14.4. The molecule has 4 bridgehead atoms. The zero-order chi connectivity index (χ0) is 115. The largest absolute Gasteiger partial charge is 0.519 e. The van der Waals surface area contributed by atoms with Crippen molar-refractivity contribution in [3.05, 3.63) is 470 Å². The predicted octanol–water partition coefficient (Wildman–Crippen LogP) is 30.0. The van der Waals surface area contributed by atoms with E-state index in [2.05, 4.69) is 85.2 Å².